The highest BCUT2D eigenvalue weighted by Gasteiger charge is 2.18. The molecule has 1 rings (SSSR count). The number of unbranched alkanes of at least 4 members (excludes halogenated alkanes) is 1. The van der Waals surface area contributed by atoms with Gasteiger partial charge in [-0.25, -0.2) is 0 Å². The van der Waals surface area contributed by atoms with E-state index in [4.69, 9.17) is 0 Å². The normalized spacial score (nSPS) is 27.0. The monoisotopic (exact) mass is 168 g/mol. The van der Waals surface area contributed by atoms with Crippen LogP contribution in [0.1, 0.15) is 45.4 Å². The van der Waals surface area contributed by atoms with Crippen LogP contribution in [-0.2, 0) is 0 Å². The number of hydrogen-bond acceptors (Lipinski definition) is 1. The van der Waals surface area contributed by atoms with E-state index in [1.807, 2.05) is 0 Å². The van der Waals surface area contributed by atoms with Gasteiger partial charge in [-0.15, -0.1) is 0 Å². The highest BCUT2D eigenvalue weighted by Crippen LogP contribution is 2.19. The molecule has 0 saturated carbocycles. The van der Waals surface area contributed by atoms with E-state index in [9.17, 15) is 0 Å². The van der Waals surface area contributed by atoms with Gasteiger partial charge in [-0.2, -0.15) is 0 Å². The molecule has 0 aromatic rings. The molecule has 2 unspecified atom stereocenters. The van der Waals surface area contributed by atoms with Crippen LogP contribution in [-0.4, -0.2) is 12.6 Å². The molecule has 1 heterocycles. The summed E-state index contributed by atoms with van der Waals surface area (Å²) in [7, 11) is 0. The summed E-state index contributed by atoms with van der Waals surface area (Å²) in [4.78, 5) is 0. The van der Waals surface area contributed by atoms with Gasteiger partial charge in [0.2, 0.25) is 0 Å². The molecule has 1 radical (unpaired) electrons. The first-order valence-electron chi connectivity index (χ1n) is 5.41. The Hall–Kier alpha value is -0.0400. The van der Waals surface area contributed by atoms with E-state index in [-0.39, 0.29) is 0 Å². The van der Waals surface area contributed by atoms with Crippen LogP contribution >= 0.6 is 0 Å². The second-order valence-electron chi connectivity index (χ2n) is 3.96. The van der Waals surface area contributed by atoms with E-state index in [1.54, 1.807) is 0 Å². The summed E-state index contributed by atoms with van der Waals surface area (Å²) >= 11 is 0. The Bertz CT molecular complexity index is 106. The molecule has 71 valence electrons. The molecule has 0 spiro atoms. The molecule has 1 nitrogen and oxygen atoms in total. The lowest BCUT2D eigenvalue weighted by Crippen LogP contribution is -2.38. The van der Waals surface area contributed by atoms with Gasteiger partial charge in [0.25, 0.3) is 0 Å². The van der Waals surface area contributed by atoms with Gasteiger partial charge in [0.05, 0.1) is 0 Å². The van der Waals surface area contributed by atoms with Gasteiger partial charge in [0.15, 0.2) is 0 Å². The maximum Gasteiger partial charge on any atom is 0.00953 e. The third-order valence-electron chi connectivity index (χ3n) is 2.85. The third-order valence-corrected chi connectivity index (χ3v) is 2.85. The maximum atomic E-state index is 4.24. The summed E-state index contributed by atoms with van der Waals surface area (Å²) in [6.45, 7) is 7.70. The Morgan fingerprint density at radius 2 is 2.33 bits per heavy atom. The van der Waals surface area contributed by atoms with E-state index in [2.05, 4.69) is 19.2 Å². The molecule has 1 aliphatic heterocycles. The van der Waals surface area contributed by atoms with Gasteiger partial charge in [-0.3, -0.25) is 0 Å². The van der Waals surface area contributed by atoms with Crippen molar-refractivity contribution in [1.82, 2.24) is 5.32 Å². The average molecular weight is 168 g/mol. The maximum absolute atomic E-state index is 4.24. The number of rotatable bonds is 4. The van der Waals surface area contributed by atoms with E-state index < -0.39 is 0 Å². The van der Waals surface area contributed by atoms with Gasteiger partial charge >= 0.3 is 0 Å². The summed E-state index contributed by atoms with van der Waals surface area (Å²) in [5, 5.41) is 3.57. The quantitative estimate of drug-likeness (QED) is 0.680. The molecule has 0 aromatic heterocycles. The minimum Gasteiger partial charge on any atom is -0.314 e. The van der Waals surface area contributed by atoms with Gasteiger partial charge in [-0.1, -0.05) is 26.2 Å². The lowest BCUT2D eigenvalue weighted by molar-refractivity contribution is 0.315. The number of nitrogens with one attached hydrogen (secondary N) is 1. The zero-order chi connectivity index (χ0) is 8.81. The lowest BCUT2D eigenvalue weighted by atomic mass is 9.90. The second-order valence-corrected chi connectivity index (χ2v) is 3.96. The zero-order valence-electron chi connectivity index (χ0n) is 8.31. The lowest BCUT2D eigenvalue weighted by Gasteiger charge is -2.28. The number of hydrogen-bond donors (Lipinski definition) is 1. The molecular weight excluding hydrogens is 146 g/mol. The fourth-order valence-electron chi connectivity index (χ4n) is 1.95. The van der Waals surface area contributed by atoms with Crippen molar-refractivity contribution in [1.29, 1.82) is 0 Å². The van der Waals surface area contributed by atoms with Crippen LogP contribution in [0, 0.1) is 12.8 Å². The van der Waals surface area contributed by atoms with Crippen molar-refractivity contribution in [3.8, 4) is 0 Å². The van der Waals surface area contributed by atoms with Crippen molar-refractivity contribution in [2.45, 2.75) is 51.5 Å². The molecular formula is C11H22N. The summed E-state index contributed by atoms with van der Waals surface area (Å²) in [5.74, 6) is 0.644. The van der Waals surface area contributed by atoms with Gasteiger partial charge in [0.1, 0.15) is 0 Å². The van der Waals surface area contributed by atoms with Crippen molar-refractivity contribution in [3.05, 3.63) is 6.92 Å². The Morgan fingerprint density at radius 3 is 2.92 bits per heavy atom. The Balaban J connectivity index is 2.15. The van der Waals surface area contributed by atoms with Crippen LogP contribution in [0.15, 0.2) is 0 Å². The molecule has 0 aliphatic carbocycles. The second kappa shape index (κ2) is 5.58. The molecule has 12 heavy (non-hydrogen) atoms. The average Bonchev–Trinajstić information content (AvgIpc) is 2.15. The van der Waals surface area contributed by atoms with Gasteiger partial charge < -0.3 is 5.32 Å². The molecule has 0 aromatic carbocycles. The molecule has 0 amide bonds. The smallest absolute Gasteiger partial charge is 0.00953 e. The van der Waals surface area contributed by atoms with Crippen LogP contribution in [0.25, 0.3) is 0 Å². The van der Waals surface area contributed by atoms with Crippen LogP contribution in [0.5, 0.6) is 0 Å². The van der Waals surface area contributed by atoms with Crippen LogP contribution in [0.3, 0.4) is 0 Å². The Morgan fingerprint density at radius 1 is 1.50 bits per heavy atom. The van der Waals surface area contributed by atoms with E-state index in [0.29, 0.717) is 12.0 Å². The van der Waals surface area contributed by atoms with Crippen molar-refractivity contribution in [2.75, 3.05) is 6.54 Å². The van der Waals surface area contributed by atoms with Crippen molar-refractivity contribution in [3.63, 3.8) is 0 Å². The first-order chi connectivity index (χ1) is 5.84. The standard InChI is InChI=1S/C11H22N/c1-3-4-7-10(2)11-8-5-6-9-12-11/h10-12H,2-9H2,1H3. The van der Waals surface area contributed by atoms with Crippen molar-refractivity contribution >= 4 is 0 Å². The van der Waals surface area contributed by atoms with E-state index in [1.165, 1.54) is 45.1 Å². The van der Waals surface area contributed by atoms with E-state index >= 15 is 0 Å². The molecule has 1 heteroatoms. The highest BCUT2D eigenvalue weighted by molar-refractivity contribution is 4.80. The molecule has 1 N–H and O–H groups in total. The highest BCUT2D eigenvalue weighted by atomic mass is 14.9. The predicted octanol–water partition coefficient (Wildman–Crippen LogP) is 2.77. The molecule has 1 saturated heterocycles. The molecule has 2 atom stereocenters. The van der Waals surface area contributed by atoms with Crippen LogP contribution < -0.4 is 5.32 Å². The Labute approximate surface area is 76.9 Å². The van der Waals surface area contributed by atoms with Crippen molar-refractivity contribution in [2.24, 2.45) is 5.92 Å². The first-order valence-corrected chi connectivity index (χ1v) is 5.41. The minimum atomic E-state index is 0.644. The van der Waals surface area contributed by atoms with E-state index in [0.717, 1.165) is 0 Å². The van der Waals surface area contributed by atoms with Crippen LogP contribution in [0.2, 0.25) is 0 Å². The minimum absolute atomic E-state index is 0.644. The van der Waals surface area contributed by atoms with Crippen LogP contribution in [0.4, 0.5) is 0 Å². The van der Waals surface area contributed by atoms with Gasteiger partial charge in [0, 0.05) is 6.04 Å². The summed E-state index contributed by atoms with van der Waals surface area (Å²) in [6.07, 6.45) is 8.05. The molecule has 0 bridgehead atoms. The fraction of sp³-hybridized carbons (Fsp3) is 0.909. The Kier molecular flexibility index (Phi) is 4.67. The molecule has 1 aliphatic rings. The summed E-state index contributed by atoms with van der Waals surface area (Å²) in [5.41, 5.74) is 0. The summed E-state index contributed by atoms with van der Waals surface area (Å²) in [6, 6.07) is 0.713. The largest absolute Gasteiger partial charge is 0.314 e. The predicted molar refractivity (Wildman–Crippen MR) is 54.0 cm³/mol. The third kappa shape index (κ3) is 3.14. The van der Waals surface area contributed by atoms with Gasteiger partial charge in [-0.05, 0) is 38.6 Å². The molecule has 1 fully saturated rings. The first kappa shape index (κ1) is 10.0. The topological polar surface area (TPSA) is 12.0 Å². The SMILES string of the molecule is [CH2]C(CCCC)C1CCCCN1. The number of piperidine rings is 1. The zero-order valence-corrected chi connectivity index (χ0v) is 8.31. The fourth-order valence-corrected chi connectivity index (χ4v) is 1.95. The van der Waals surface area contributed by atoms with Crippen molar-refractivity contribution < 1.29 is 0 Å². The summed E-state index contributed by atoms with van der Waals surface area (Å²) < 4.78 is 0.